The molecule has 2 fully saturated rings. The Morgan fingerprint density at radius 2 is 2.27 bits per heavy atom. The van der Waals surface area contributed by atoms with Crippen LogP contribution >= 0.6 is 11.3 Å². The molecule has 0 unspecified atom stereocenters. The van der Waals surface area contributed by atoms with E-state index in [9.17, 15) is 4.79 Å². The van der Waals surface area contributed by atoms with Crippen molar-refractivity contribution in [3.8, 4) is 0 Å². The fourth-order valence-corrected chi connectivity index (χ4v) is 3.94. The van der Waals surface area contributed by atoms with Gasteiger partial charge in [0.25, 0.3) is 0 Å². The number of piperazine rings is 1. The van der Waals surface area contributed by atoms with E-state index in [1.54, 1.807) is 7.11 Å². The summed E-state index contributed by atoms with van der Waals surface area (Å²) in [5.41, 5.74) is 0. The summed E-state index contributed by atoms with van der Waals surface area (Å²) in [4.78, 5) is 17.0. The van der Waals surface area contributed by atoms with Crippen LogP contribution in [0.1, 0.15) is 24.3 Å². The van der Waals surface area contributed by atoms with Crippen LogP contribution in [0.25, 0.3) is 0 Å². The van der Waals surface area contributed by atoms with Gasteiger partial charge < -0.3 is 4.74 Å². The first kappa shape index (κ1) is 15.8. The van der Waals surface area contributed by atoms with Crippen molar-refractivity contribution in [1.82, 2.24) is 20.0 Å². The predicted octanol–water partition coefficient (Wildman–Crippen LogP) is 0.793. The first-order chi connectivity index (χ1) is 10.7. The molecule has 22 heavy (non-hydrogen) atoms. The lowest BCUT2D eigenvalue weighted by Crippen LogP contribution is -2.55. The number of anilines is 1. The third-order valence-electron chi connectivity index (χ3n) is 4.27. The number of piperidine rings is 1. The summed E-state index contributed by atoms with van der Waals surface area (Å²) in [5, 5.41) is 12.1. The van der Waals surface area contributed by atoms with Crippen LogP contribution < -0.4 is 5.32 Å². The minimum atomic E-state index is -0.00984. The van der Waals surface area contributed by atoms with E-state index >= 15 is 0 Å². The van der Waals surface area contributed by atoms with Crippen LogP contribution in [0.5, 0.6) is 0 Å². The number of ether oxygens (including phenoxy) is 1. The Hall–Kier alpha value is -1.09. The Balaban J connectivity index is 1.47. The number of fused-ring (bicyclic) bond motifs is 1. The monoisotopic (exact) mass is 325 g/mol. The number of hydrogen-bond donors (Lipinski definition) is 1. The van der Waals surface area contributed by atoms with Crippen molar-refractivity contribution in [2.24, 2.45) is 0 Å². The van der Waals surface area contributed by atoms with Crippen LogP contribution in [-0.4, -0.2) is 71.8 Å². The maximum atomic E-state index is 12.1. The second-order valence-electron chi connectivity index (χ2n) is 5.90. The maximum absolute atomic E-state index is 12.1. The van der Waals surface area contributed by atoms with Crippen molar-refractivity contribution in [1.29, 1.82) is 0 Å². The maximum Gasteiger partial charge on any atom is 0.240 e. The number of carbonyl (C=O) groups excluding carboxylic acids is 1. The summed E-state index contributed by atoms with van der Waals surface area (Å²) in [6.45, 7) is 5.13. The molecule has 1 aromatic heterocycles. The van der Waals surface area contributed by atoms with Crippen molar-refractivity contribution in [2.45, 2.75) is 31.9 Å². The number of rotatable bonds is 5. The van der Waals surface area contributed by atoms with Gasteiger partial charge in [-0.25, -0.2) is 0 Å². The molecule has 1 amide bonds. The van der Waals surface area contributed by atoms with Gasteiger partial charge in [-0.15, -0.1) is 10.2 Å². The zero-order valence-electron chi connectivity index (χ0n) is 13.0. The van der Waals surface area contributed by atoms with Gasteiger partial charge >= 0.3 is 0 Å². The van der Waals surface area contributed by atoms with Gasteiger partial charge in [-0.3, -0.25) is 19.9 Å². The highest BCUT2D eigenvalue weighted by atomic mass is 32.1. The van der Waals surface area contributed by atoms with Crippen LogP contribution in [0.15, 0.2) is 0 Å². The van der Waals surface area contributed by atoms with Gasteiger partial charge in [-0.05, 0) is 19.4 Å². The smallest absolute Gasteiger partial charge is 0.240 e. The van der Waals surface area contributed by atoms with Gasteiger partial charge in [-0.2, -0.15) is 0 Å². The molecule has 2 saturated heterocycles. The fraction of sp³-hybridized carbons (Fsp3) is 0.786. The second-order valence-corrected chi connectivity index (χ2v) is 6.96. The molecule has 1 N–H and O–H groups in total. The van der Waals surface area contributed by atoms with Gasteiger partial charge in [-0.1, -0.05) is 17.8 Å². The van der Waals surface area contributed by atoms with Crippen molar-refractivity contribution >= 4 is 22.4 Å². The third kappa shape index (κ3) is 4.01. The van der Waals surface area contributed by atoms with E-state index in [2.05, 4.69) is 25.3 Å². The first-order valence-corrected chi connectivity index (χ1v) is 8.64. The molecule has 0 aliphatic carbocycles. The highest BCUT2D eigenvalue weighted by Crippen LogP contribution is 2.21. The van der Waals surface area contributed by atoms with E-state index in [0.29, 0.717) is 24.3 Å². The molecule has 2 aliphatic heterocycles. The average molecular weight is 325 g/mol. The molecule has 122 valence electrons. The van der Waals surface area contributed by atoms with E-state index in [1.165, 1.54) is 37.1 Å². The van der Waals surface area contributed by atoms with E-state index in [-0.39, 0.29) is 5.91 Å². The van der Waals surface area contributed by atoms with E-state index in [0.717, 1.165) is 24.6 Å². The number of aromatic nitrogens is 2. The molecule has 0 bridgehead atoms. The molecule has 0 radical (unpaired) electrons. The van der Waals surface area contributed by atoms with Gasteiger partial charge in [0.15, 0.2) is 0 Å². The molecular weight excluding hydrogens is 302 g/mol. The van der Waals surface area contributed by atoms with Crippen LogP contribution in [0, 0.1) is 0 Å². The predicted molar refractivity (Wildman–Crippen MR) is 84.9 cm³/mol. The zero-order chi connectivity index (χ0) is 15.4. The van der Waals surface area contributed by atoms with Crippen molar-refractivity contribution < 1.29 is 9.53 Å². The van der Waals surface area contributed by atoms with Crippen LogP contribution in [-0.2, 0) is 16.1 Å². The summed E-state index contributed by atoms with van der Waals surface area (Å²) < 4.78 is 5.00. The van der Waals surface area contributed by atoms with E-state index in [1.807, 2.05) is 0 Å². The van der Waals surface area contributed by atoms with Crippen LogP contribution in [0.4, 0.5) is 5.13 Å². The highest BCUT2D eigenvalue weighted by Gasteiger charge is 2.29. The van der Waals surface area contributed by atoms with Crippen LogP contribution in [0.3, 0.4) is 0 Å². The number of methoxy groups -OCH3 is 1. The molecule has 0 saturated carbocycles. The number of nitrogens with one attached hydrogen (secondary N) is 1. The van der Waals surface area contributed by atoms with E-state index < -0.39 is 0 Å². The average Bonchev–Trinajstić information content (AvgIpc) is 2.94. The molecule has 8 heteroatoms. The standard InChI is InChI=1S/C14H23N5O2S/c1-21-10-13-16-17-14(22-13)15-12(20)9-18-6-7-19-5-3-2-4-11(19)8-18/h11H,2-10H2,1H3,(H,15,17,20)/t11-/m1/s1. The normalized spacial score (nSPS) is 23.2. The lowest BCUT2D eigenvalue weighted by atomic mass is 9.99. The molecule has 0 aromatic carbocycles. The minimum absolute atomic E-state index is 0.00984. The van der Waals surface area contributed by atoms with E-state index in [4.69, 9.17) is 4.74 Å². The third-order valence-corrected chi connectivity index (χ3v) is 5.08. The number of nitrogens with zero attached hydrogens (tertiary/aromatic N) is 4. The summed E-state index contributed by atoms with van der Waals surface area (Å²) in [6, 6.07) is 0.630. The number of hydrogen-bond acceptors (Lipinski definition) is 7. The Morgan fingerprint density at radius 1 is 1.36 bits per heavy atom. The minimum Gasteiger partial charge on any atom is -0.377 e. The SMILES string of the molecule is COCc1nnc(NC(=O)CN2CCN3CCCC[C@@H]3C2)s1. The Bertz CT molecular complexity index is 509. The molecule has 3 rings (SSSR count). The lowest BCUT2D eigenvalue weighted by Gasteiger charge is -2.43. The van der Waals surface area contributed by atoms with Gasteiger partial charge in [0.1, 0.15) is 11.6 Å². The fourth-order valence-electron chi connectivity index (χ4n) is 3.21. The highest BCUT2D eigenvalue weighted by molar-refractivity contribution is 7.15. The lowest BCUT2D eigenvalue weighted by molar-refractivity contribution is -0.118. The Labute approximate surface area is 134 Å². The Morgan fingerprint density at radius 3 is 3.14 bits per heavy atom. The summed E-state index contributed by atoms with van der Waals surface area (Å²) in [6.07, 6.45) is 3.89. The number of carbonyl (C=O) groups is 1. The molecule has 1 aromatic rings. The molecular formula is C14H23N5O2S. The largest absolute Gasteiger partial charge is 0.377 e. The van der Waals surface area contributed by atoms with Crippen molar-refractivity contribution in [2.75, 3.05) is 45.2 Å². The van der Waals surface area contributed by atoms with Gasteiger partial charge in [0.2, 0.25) is 11.0 Å². The van der Waals surface area contributed by atoms with Crippen molar-refractivity contribution in [3.05, 3.63) is 5.01 Å². The molecule has 3 heterocycles. The second kappa shape index (κ2) is 7.45. The Kier molecular flexibility index (Phi) is 5.35. The number of amides is 1. The molecule has 7 nitrogen and oxygen atoms in total. The quantitative estimate of drug-likeness (QED) is 0.863. The molecule has 1 atom stereocenters. The molecule has 2 aliphatic rings. The summed E-state index contributed by atoms with van der Waals surface area (Å²) >= 11 is 1.36. The first-order valence-electron chi connectivity index (χ1n) is 7.82. The van der Waals surface area contributed by atoms with Gasteiger partial charge in [0, 0.05) is 32.8 Å². The summed E-state index contributed by atoms with van der Waals surface area (Å²) in [7, 11) is 1.62. The zero-order valence-corrected chi connectivity index (χ0v) is 13.8. The van der Waals surface area contributed by atoms with Crippen molar-refractivity contribution in [3.63, 3.8) is 0 Å². The topological polar surface area (TPSA) is 70.6 Å². The van der Waals surface area contributed by atoms with Gasteiger partial charge in [0.05, 0.1) is 6.54 Å². The molecule has 0 spiro atoms. The van der Waals surface area contributed by atoms with Crippen LogP contribution in [0.2, 0.25) is 0 Å². The summed E-state index contributed by atoms with van der Waals surface area (Å²) in [5.74, 6) is -0.00984.